The third kappa shape index (κ3) is 10.2. The third-order valence-corrected chi connectivity index (χ3v) is 2.09. The first-order valence-corrected chi connectivity index (χ1v) is 6.04. The van der Waals surface area contributed by atoms with Gasteiger partial charge in [0.15, 0.2) is 0 Å². The summed E-state index contributed by atoms with van der Waals surface area (Å²) >= 11 is 0. The van der Waals surface area contributed by atoms with Gasteiger partial charge in [0, 0.05) is 25.2 Å². The Labute approximate surface area is 95.0 Å². The Morgan fingerprint density at radius 1 is 0.733 bits per heavy atom. The van der Waals surface area contributed by atoms with E-state index in [4.69, 9.17) is 4.74 Å². The maximum Gasteiger partial charge on any atom is 0.0675 e. The van der Waals surface area contributed by atoms with E-state index in [1.165, 1.54) is 0 Å². The second-order valence-electron chi connectivity index (χ2n) is 4.88. The lowest BCUT2D eigenvalue weighted by Crippen LogP contribution is -2.37. The van der Waals surface area contributed by atoms with Gasteiger partial charge >= 0.3 is 0 Å². The molecule has 0 aromatic rings. The van der Waals surface area contributed by atoms with Crippen LogP contribution < -0.4 is 10.6 Å². The molecule has 0 aliphatic rings. The molecule has 0 aliphatic carbocycles. The minimum Gasteiger partial charge on any atom is -0.373 e. The van der Waals surface area contributed by atoms with Crippen LogP contribution in [0.5, 0.6) is 0 Å². The predicted molar refractivity (Wildman–Crippen MR) is 66.3 cm³/mol. The molecule has 0 rings (SSSR count). The molecule has 2 atom stereocenters. The Kier molecular flexibility index (Phi) is 8.02. The summed E-state index contributed by atoms with van der Waals surface area (Å²) in [5.74, 6) is 0. The smallest absolute Gasteiger partial charge is 0.0675 e. The van der Waals surface area contributed by atoms with Crippen molar-refractivity contribution in [3.8, 4) is 0 Å². The fraction of sp³-hybridized carbons (Fsp3) is 1.00. The lowest BCUT2D eigenvalue weighted by Gasteiger charge is -2.21. The van der Waals surface area contributed by atoms with Gasteiger partial charge in [0.1, 0.15) is 0 Å². The molecule has 0 bridgehead atoms. The molecule has 0 radical (unpaired) electrons. The SMILES string of the molecule is CC(C)NCC(C)OC(C)CNC(C)C. The average Bonchev–Trinajstić information content (AvgIpc) is 2.11. The summed E-state index contributed by atoms with van der Waals surface area (Å²) in [5, 5.41) is 6.74. The van der Waals surface area contributed by atoms with Gasteiger partial charge < -0.3 is 15.4 Å². The maximum absolute atomic E-state index is 5.83. The van der Waals surface area contributed by atoms with Gasteiger partial charge in [-0.2, -0.15) is 0 Å². The van der Waals surface area contributed by atoms with Crippen LogP contribution in [-0.2, 0) is 4.74 Å². The molecule has 3 heteroatoms. The summed E-state index contributed by atoms with van der Waals surface area (Å²) in [7, 11) is 0. The zero-order chi connectivity index (χ0) is 11.8. The molecular weight excluding hydrogens is 188 g/mol. The summed E-state index contributed by atoms with van der Waals surface area (Å²) in [6.07, 6.45) is 0.549. The molecule has 3 nitrogen and oxygen atoms in total. The molecule has 0 saturated carbocycles. The predicted octanol–water partition coefficient (Wildman–Crippen LogP) is 1.78. The van der Waals surface area contributed by atoms with E-state index >= 15 is 0 Å². The second-order valence-corrected chi connectivity index (χ2v) is 4.88. The largest absolute Gasteiger partial charge is 0.373 e. The van der Waals surface area contributed by atoms with Gasteiger partial charge in [-0.25, -0.2) is 0 Å². The van der Waals surface area contributed by atoms with Gasteiger partial charge in [-0.3, -0.25) is 0 Å². The number of nitrogens with one attached hydrogen (secondary N) is 2. The van der Waals surface area contributed by atoms with E-state index < -0.39 is 0 Å². The topological polar surface area (TPSA) is 33.3 Å². The zero-order valence-electron chi connectivity index (χ0n) is 11.1. The first-order chi connectivity index (χ1) is 6.91. The first-order valence-electron chi connectivity index (χ1n) is 6.04. The number of rotatable bonds is 8. The highest BCUT2D eigenvalue weighted by molar-refractivity contribution is 4.64. The molecule has 0 saturated heterocycles. The van der Waals surface area contributed by atoms with Crippen molar-refractivity contribution in [2.24, 2.45) is 0 Å². The van der Waals surface area contributed by atoms with Gasteiger partial charge in [0.2, 0.25) is 0 Å². The van der Waals surface area contributed by atoms with Gasteiger partial charge in [-0.05, 0) is 13.8 Å². The fourth-order valence-electron chi connectivity index (χ4n) is 1.30. The summed E-state index contributed by atoms with van der Waals surface area (Å²) in [4.78, 5) is 0. The maximum atomic E-state index is 5.83. The van der Waals surface area contributed by atoms with E-state index in [1.807, 2.05) is 0 Å². The summed E-state index contributed by atoms with van der Waals surface area (Å²) in [5.41, 5.74) is 0. The molecule has 0 heterocycles. The zero-order valence-corrected chi connectivity index (χ0v) is 11.1. The fourth-order valence-corrected chi connectivity index (χ4v) is 1.30. The Bertz CT molecular complexity index is 133. The lowest BCUT2D eigenvalue weighted by atomic mass is 10.3. The van der Waals surface area contributed by atoms with Crippen molar-refractivity contribution >= 4 is 0 Å². The van der Waals surface area contributed by atoms with E-state index in [1.54, 1.807) is 0 Å². The second kappa shape index (κ2) is 8.08. The highest BCUT2D eigenvalue weighted by Crippen LogP contribution is 1.97. The van der Waals surface area contributed by atoms with Gasteiger partial charge in [0.25, 0.3) is 0 Å². The van der Waals surface area contributed by atoms with Crippen LogP contribution in [0, 0.1) is 0 Å². The van der Waals surface area contributed by atoms with Crippen molar-refractivity contribution in [2.75, 3.05) is 13.1 Å². The van der Waals surface area contributed by atoms with Crippen molar-refractivity contribution in [1.82, 2.24) is 10.6 Å². The number of ether oxygens (including phenoxy) is 1. The lowest BCUT2D eigenvalue weighted by molar-refractivity contribution is 0.00814. The standard InChI is InChI=1S/C12H28N2O/c1-9(2)13-7-11(5)15-12(6)8-14-10(3)4/h9-14H,7-8H2,1-6H3. The van der Waals surface area contributed by atoms with Crippen molar-refractivity contribution in [2.45, 2.75) is 65.8 Å². The Hall–Kier alpha value is -0.120. The third-order valence-electron chi connectivity index (χ3n) is 2.09. The average molecular weight is 216 g/mol. The van der Waals surface area contributed by atoms with Crippen molar-refractivity contribution < 1.29 is 4.74 Å². The van der Waals surface area contributed by atoms with Crippen LogP contribution in [0.3, 0.4) is 0 Å². The summed E-state index contributed by atoms with van der Waals surface area (Å²) in [6, 6.07) is 1.06. The molecule has 0 amide bonds. The highest BCUT2D eigenvalue weighted by Gasteiger charge is 2.08. The van der Waals surface area contributed by atoms with Gasteiger partial charge in [-0.1, -0.05) is 27.7 Å². The van der Waals surface area contributed by atoms with Crippen LogP contribution in [0.2, 0.25) is 0 Å². The normalized spacial score (nSPS) is 16.0. The molecule has 0 aromatic heterocycles. The van der Waals surface area contributed by atoms with Crippen LogP contribution in [0.15, 0.2) is 0 Å². The minimum atomic E-state index is 0.274. The molecular formula is C12H28N2O. The minimum absolute atomic E-state index is 0.274. The molecule has 15 heavy (non-hydrogen) atoms. The number of hydrogen-bond donors (Lipinski definition) is 2. The molecule has 2 N–H and O–H groups in total. The van der Waals surface area contributed by atoms with Crippen molar-refractivity contribution in [1.29, 1.82) is 0 Å². The van der Waals surface area contributed by atoms with Crippen LogP contribution in [-0.4, -0.2) is 37.4 Å². The highest BCUT2D eigenvalue weighted by atomic mass is 16.5. The first kappa shape index (κ1) is 14.9. The van der Waals surface area contributed by atoms with Crippen molar-refractivity contribution in [3.05, 3.63) is 0 Å². The Morgan fingerprint density at radius 2 is 1.07 bits per heavy atom. The van der Waals surface area contributed by atoms with Crippen molar-refractivity contribution in [3.63, 3.8) is 0 Å². The van der Waals surface area contributed by atoms with E-state index in [-0.39, 0.29) is 12.2 Å². The molecule has 0 aromatic carbocycles. The molecule has 0 fully saturated rings. The summed E-state index contributed by atoms with van der Waals surface area (Å²) < 4.78 is 5.83. The summed E-state index contributed by atoms with van der Waals surface area (Å²) in [6.45, 7) is 14.7. The van der Waals surface area contributed by atoms with E-state index in [9.17, 15) is 0 Å². The monoisotopic (exact) mass is 216 g/mol. The number of hydrogen-bond acceptors (Lipinski definition) is 3. The molecule has 92 valence electrons. The van der Waals surface area contributed by atoms with E-state index in [2.05, 4.69) is 52.2 Å². The van der Waals surface area contributed by atoms with E-state index in [0.717, 1.165) is 13.1 Å². The molecule has 0 spiro atoms. The quantitative estimate of drug-likeness (QED) is 0.649. The Balaban J connectivity index is 3.52. The van der Waals surface area contributed by atoms with Gasteiger partial charge in [-0.15, -0.1) is 0 Å². The Morgan fingerprint density at radius 3 is 1.33 bits per heavy atom. The van der Waals surface area contributed by atoms with Crippen LogP contribution >= 0.6 is 0 Å². The van der Waals surface area contributed by atoms with Crippen LogP contribution in [0.25, 0.3) is 0 Å². The van der Waals surface area contributed by atoms with E-state index in [0.29, 0.717) is 12.1 Å². The van der Waals surface area contributed by atoms with Gasteiger partial charge in [0.05, 0.1) is 12.2 Å². The van der Waals surface area contributed by atoms with Crippen LogP contribution in [0.1, 0.15) is 41.5 Å². The molecule has 0 aliphatic heterocycles. The van der Waals surface area contributed by atoms with Crippen LogP contribution in [0.4, 0.5) is 0 Å². The molecule has 2 unspecified atom stereocenters.